The van der Waals surface area contributed by atoms with Gasteiger partial charge in [-0.05, 0) is 72.4 Å². The summed E-state index contributed by atoms with van der Waals surface area (Å²) >= 11 is 0. The molecule has 0 fully saturated rings. The van der Waals surface area contributed by atoms with E-state index in [1.54, 1.807) is 30.3 Å². The maximum absolute atomic E-state index is 12.3. The fraction of sp³-hybridized carbons (Fsp3) is 0.296. The summed E-state index contributed by atoms with van der Waals surface area (Å²) in [6.45, 7) is -0.00497. The Kier molecular flexibility index (Phi) is 9.38. The number of ketones is 1. The van der Waals surface area contributed by atoms with Crippen molar-refractivity contribution in [2.45, 2.75) is 44.8 Å². The first-order chi connectivity index (χ1) is 17.2. The SMILES string of the molecule is NCOc1cc(CCC(=O)CC(O)CCc2cc(O)c(O)c(OCc3cccc(O)c3)c2)ccc1O. The smallest absolute Gasteiger partial charge is 0.200 e. The van der Waals surface area contributed by atoms with E-state index >= 15 is 0 Å². The number of carbonyl (C=O) groups is 1. The quantitative estimate of drug-likeness (QED) is 0.154. The maximum Gasteiger partial charge on any atom is 0.200 e. The number of aryl methyl sites for hydroxylation is 2. The lowest BCUT2D eigenvalue weighted by molar-refractivity contribution is -0.121. The van der Waals surface area contributed by atoms with Gasteiger partial charge in [-0.15, -0.1) is 0 Å². The van der Waals surface area contributed by atoms with E-state index < -0.39 is 11.9 Å². The molecule has 1 unspecified atom stereocenters. The largest absolute Gasteiger partial charge is 0.508 e. The molecular weight excluding hydrogens is 466 g/mol. The molecule has 0 bridgehead atoms. The zero-order valence-electron chi connectivity index (χ0n) is 19.8. The van der Waals surface area contributed by atoms with Crippen molar-refractivity contribution in [3.63, 3.8) is 0 Å². The highest BCUT2D eigenvalue weighted by atomic mass is 16.5. The number of rotatable bonds is 13. The minimum Gasteiger partial charge on any atom is -0.508 e. The summed E-state index contributed by atoms with van der Waals surface area (Å²) in [5.74, 6) is -0.469. The molecule has 3 aromatic rings. The Morgan fingerprint density at radius 1 is 0.833 bits per heavy atom. The predicted molar refractivity (Wildman–Crippen MR) is 132 cm³/mol. The van der Waals surface area contributed by atoms with Crippen LogP contribution < -0.4 is 15.2 Å². The molecule has 7 N–H and O–H groups in total. The molecule has 0 radical (unpaired) electrons. The fourth-order valence-corrected chi connectivity index (χ4v) is 3.71. The van der Waals surface area contributed by atoms with Gasteiger partial charge in [0.2, 0.25) is 5.75 Å². The minimum absolute atomic E-state index is 0.0187. The molecule has 0 aromatic heterocycles. The van der Waals surface area contributed by atoms with Crippen LogP contribution in [0.5, 0.6) is 34.5 Å². The van der Waals surface area contributed by atoms with Crippen LogP contribution >= 0.6 is 0 Å². The molecule has 0 aliphatic carbocycles. The van der Waals surface area contributed by atoms with E-state index in [-0.39, 0.29) is 67.1 Å². The van der Waals surface area contributed by atoms with Crippen LogP contribution in [0.1, 0.15) is 36.0 Å². The molecule has 1 atom stereocenters. The number of benzene rings is 3. The third-order valence-corrected chi connectivity index (χ3v) is 5.60. The van der Waals surface area contributed by atoms with Crippen molar-refractivity contribution in [1.82, 2.24) is 0 Å². The molecule has 0 saturated carbocycles. The van der Waals surface area contributed by atoms with Crippen molar-refractivity contribution in [2.24, 2.45) is 5.73 Å². The third-order valence-electron chi connectivity index (χ3n) is 5.60. The molecule has 9 nitrogen and oxygen atoms in total. The van der Waals surface area contributed by atoms with Gasteiger partial charge in [0.15, 0.2) is 23.0 Å². The lowest BCUT2D eigenvalue weighted by atomic mass is 9.99. The summed E-state index contributed by atoms with van der Waals surface area (Å²) in [6.07, 6.45) is 0.379. The van der Waals surface area contributed by atoms with Gasteiger partial charge in [0.25, 0.3) is 0 Å². The lowest BCUT2D eigenvalue weighted by Crippen LogP contribution is -2.15. The van der Waals surface area contributed by atoms with Crippen molar-refractivity contribution in [1.29, 1.82) is 0 Å². The zero-order valence-corrected chi connectivity index (χ0v) is 19.8. The van der Waals surface area contributed by atoms with Gasteiger partial charge in [0, 0.05) is 12.8 Å². The summed E-state index contributed by atoms with van der Waals surface area (Å²) in [6, 6.07) is 14.2. The minimum atomic E-state index is -0.874. The van der Waals surface area contributed by atoms with Gasteiger partial charge in [0.05, 0.1) is 6.10 Å². The number of nitrogens with two attached hydrogens (primary N) is 1. The Balaban J connectivity index is 1.50. The molecule has 36 heavy (non-hydrogen) atoms. The maximum atomic E-state index is 12.3. The molecule has 3 aromatic carbocycles. The predicted octanol–water partition coefficient (Wildman–Crippen LogP) is 3.27. The van der Waals surface area contributed by atoms with E-state index in [0.717, 1.165) is 5.56 Å². The third kappa shape index (κ3) is 7.79. The number of carbonyl (C=O) groups excluding carboxylic acids is 1. The fourth-order valence-electron chi connectivity index (χ4n) is 3.71. The number of aromatic hydroxyl groups is 4. The molecule has 0 aliphatic heterocycles. The van der Waals surface area contributed by atoms with Crippen LogP contribution in [0.4, 0.5) is 0 Å². The Bertz CT molecular complexity index is 1180. The van der Waals surface area contributed by atoms with E-state index in [2.05, 4.69) is 0 Å². The summed E-state index contributed by atoms with van der Waals surface area (Å²) in [7, 11) is 0. The van der Waals surface area contributed by atoms with E-state index in [1.807, 2.05) is 0 Å². The average molecular weight is 498 g/mol. The molecule has 3 rings (SSSR count). The van der Waals surface area contributed by atoms with Crippen molar-refractivity contribution < 1.29 is 39.8 Å². The Labute approximate surface area is 209 Å². The van der Waals surface area contributed by atoms with Crippen molar-refractivity contribution in [2.75, 3.05) is 6.73 Å². The van der Waals surface area contributed by atoms with E-state index in [1.165, 1.54) is 24.3 Å². The summed E-state index contributed by atoms with van der Waals surface area (Å²) in [5, 5.41) is 49.8. The monoisotopic (exact) mass is 497 g/mol. The second-order valence-electron chi connectivity index (χ2n) is 8.47. The molecule has 192 valence electrons. The van der Waals surface area contributed by atoms with Gasteiger partial charge >= 0.3 is 0 Å². The number of aliphatic hydroxyl groups is 1. The number of aliphatic hydroxyl groups excluding tert-OH is 1. The van der Waals surface area contributed by atoms with Crippen LogP contribution in [0.3, 0.4) is 0 Å². The number of hydrogen-bond donors (Lipinski definition) is 6. The molecule has 0 heterocycles. The number of phenolic OH excluding ortho intramolecular Hbond substituents is 4. The first kappa shape index (κ1) is 26.7. The van der Waals surface area contributed by atoms with E-state index in [9.17, 15) is 30.3 Å². The molecule has 0 saturated heterocycles. The normalized spacial score (nSPS) is 11.7. The first-order valence-corrected chi connectivity index (χ1v) is 11.5. The van der Waals surface area contributed by atoms with Crippen LogP contribution in [0.2, 0.25) is 0 Å². The van der Waals surface area contributed by atoms with Gasteiger partial charge < -0.3 is 35.0 Å². The highest BCUT2D eigenvalue weighted by Gasteiger charge is 2.15. The Morgan fingerprint density at radius 2 is 1.61 bits per heavy atom. The van der Waals surface area contributed by atoms with Gasteiger partial charge in [-0.1, -0.05) is 18.2 Å². The highest BCUT2D eigenvalue weighted by Crippen LogP contribution is 2.37. The van der Waals surface area contributed by atoms with Crippen LogP contribution in [-0.2, 0) is 24.2 Å². The van der Waals surface area contributed by atoms with Gasteiger partial charge in [-0.2, -0.15) is 0 Å². The second-order valence-corrected chi connectivity index (χ2v) is 8.47. The number of ether oxygens (including phenoxy) is 2. The summed E-state index contributed by atoms with van der Waals surface area (Å²) in [5.41, 5.74) is 7.45. The highest BCUT2D eigenvalue weighted by molar-refractivity contribution is 5.79. The van der Waals surface area contributed by atoms with Gasteiger partial charge in [0.1, 0.15) is 24.9 Å². The number of Topliss-reactive ketones (excluding diaryl/α,β-unsaturated/α-hetero) is 1. The van der Waals surface area contributed by atoms with Gasteiger partial charge in [-0.25, -0.2) is 0 Å². The van der Waals surface area contributed by atoms with Gasteiger partial charge in [-0.3, -0.25) is 10.5 Å². The van der Waals surface area contributed by atoms with Crippen molar-refractivity contribution in [3.05, 3.63) is 71.3 Å². The molecule has 9 heteroatoms. The second kappa shape index (κ2) is 12.7. The van der Waals surface area contributed by atoms with Crippen LogP contribution in [-0.4, -0.2) is 44.2 Å². The van der Waals surface area contributed by atoms with E-state index in [4.69, 9.17) is 15.2 Å². The molecular formula is C27H31NO8. The average Bonchev–Trinajstić information content (AvgIpc) is 2.84. The topological polar surface area (TPSA) is 163 Å². The molecule has 0 spiro atoms. The molecule has 0 aliphatic rings. The Hall–Kier alpha value is -3.95. The number of phenols is 4. The zero-order chi connectivity index (χ0) is 26.1. The summed E-state index contributed by atoms with van der Waals surface area (Å²) in [4.78, 5) is 12.3. The van der Waals surface area contributed by atoms with E-state index in [0.29, 0.717) is 24.0 Å². The van der Waals surface area contributed by atoms with Crippen molar-refractivity contribution in [3.8, 4) is 34.5 Å². The van der Waals surface area contributed by atoms with Crippen LogP contribution in [0.25, 0.3) is 0 Å². The Morgan fingerprint density at radius 3 is 2.36 bits per heavy atom. The van der Waals surface area contributed by atoms with Crippen LogP contribution in [0, 0.1) is 0 Å². The van der Waals surface area contributed by atoms with Crippen molar-refractivity contribution >= 4 is 5.78 Å². The first-order valence-electron chi connectivity index (χ1n) is 11.5. The summed E-state index contributed by atoms with van der Waals surface area (Å²) < 4.78 is 10.7. The lowest BCUT2D eigenvalue weighted by Gasteiger charge is -2.14. The standard InChI is InChI=1S/C27H31NO8/c28-16-36-25-12-17(6-9-23(25)32)4-7-21(30)14-22(31)8-5-18-11-24(33)27(34)26(13-18)35-15-19-2-1-3-20(29)10-19/h1-3,6,9-13,22,29,31-34H,4-5,7-8,14-16,28H2. The number of hydrogen-bond acceptors (Lipinski definition) is 9. The van der Waals surface area contributed by atoms with Crippen LogP contribution in [0.15, 0.2) is 54.6 Å². The molecule has 0 amide bonds.